The van der Waals surface area contributed by atoms with Crippen molar-refractivity contribution in [3.63, 3.8) is 0 Å². The third-order valence-corrected chi connectivity index (χ3v) is 4.77. The first kappa shape index (κ1) is 18.7. The molecule has 2 aromatic carbocycles. The predicted octanol–water partition coefficient (Wildman–Crippen LogP) is 4.63. The predicted molar refractivity (Wildman–Crippen MR) is 101 cm³/mol. The van der Waals surface area contributed by atoms with Crippen LogP contribution in [0.4, 0.5) is 0 Å². The summed E-state index contributed by atoms with van der Waals surface area (Å²) in [4.78, 5) is 13.3. The van der Waals surface area contributed by atoms with Crippen LogP contribution in [0.15, 0.2) is 47.4 Å². The van der Waals surface area contributed by atoms with Gasteiger partial charge in [-0.1, -0.05) is 23.7 Å². The van der Waals surface area contributed by atoms with Crippen molar-refractivity contribution in [1.29, 1.82) is 0 Å². The van der Waals surface area contributed by atoms with Gasteiger partial charge in [0, 0.05) is 22.2 Å². The molecule has 3 nitrogen and oxygen atoms in total. The summed E-state index contributed by atoms with van der Waals surface area (Å²) in [6, 6.07) is 13.7. The van der Waals surface area contributed by atoms with Crippen LogP contribution in [-0.2, 0) is 4.79 Å². The molecule has 0 aliphatic carbocycles. The molecular weight excluding hydrogens is 342 g/mol. The van der Waals surface area contributed by atoms with Crippen LogP contribution in [0.3, 0.4) is 0 Å². The monoisotopic (exact) mass is 363 g/mol. The maximum Gasteiger partial charge on any atom is 0.260 e. The van der Waals surface area contributed by atoms with E-state index in [1.54, 1.807) is 18.7 Å². The quantitative estimate of drug-likeness (QED) is 0.575. The molecule has 0 fully saturated rings. The van der Waals surface area contributed by atoms with Crippen LogP contribution in [0.25, 0.3) is 0 Å². The second-order valence-corrected chi connectivity index (χ2v) is 7.23. The lowest BCUT2D eigenvalue weighted by Gasteiger charge is -2.16. The Bertz CT molecular complexity index is 688. The lowest BCUT2D eigenvalue weighted by molar-refractivity contribution is -0.127. The normalized spacial score (nSPS) is 11.8. The standard InChI is InChI=1S/C19H22ClNO2S/c1-13-4-5-14(2)18(12-13)23-15(3)19(22)21-10-11-24-17-8-6-16(20)7-9-17/h4-9,12,15H,10-11H2,1-3H3,(H,21,22)/t15-/m0/s1. The Hall–Kier alpha value is -1.65. The first-order valence-corrected chi connectivity index (χ1v) is 9.22. The number of hydrogen-bond donors (Lipinski definition) is 1. The summed E-state index contributed by atoms with van der Waals surface area (Å²) >= 11 is 7.53. The summed E-state index contributed by atoms with van der Waals surface area (Å²) < 4.78 is 5.78. The highest BCUT2D eigenvalue weighted by atomic mass is 35.5. The molecule has 0 saturated carbocycles. The fraction of sp³-hybridized carbons (Fsp3) is 0.316. The SMILES string of the molecule is Cc1ccc(C)c(O[C@@H](C)C(=O)NCCSc2ccc(Cl)cc2)c1. The highest BCUT2D eigenvalue weighted by molar-refractivity contribution is 7.99. The average molecular weight is 364 g/mol. The van der Waals surface area contributed by atoms with Crippen molar-refractivity contribution < 1.29 is 9.53 Å². The van der Waals surface area contributed by atoms with Crippen LogP contribution >= 0.6 is 23.4 Å². The van der Waals surface area contributed by atoms with Gasteiger partial charge in [-0.3, -0.25) is 4.79 Å². The lowest BCUT2D eigenvalue weighted by atomic mass is 10.1. The van der Waals surface area contributed by atoms with Crippen molar-refractivity contribution in [2.24, 2.45) is 0 Å². The number of aryl methyl sites for hydroxylation is 2. The second kappa shape index (κ2) is 9.00. The second-order valence-electron chi connectivity index (χ2n) is 5.62. The number of nitrogens with one attached hydrogen (secondary N) is 1. The van der Waals surface area contributed by atoms with Crippen LogP contribution in [0.1, 0.15) is 18.1 Å². The molecule has 0 saturated heterocycles. The third-order valence-electron chi connectivity index (χ3n) is 3.50. The molecule has 0 aliphatic heterocycles. The fourth-order valence-electron chi connectivity index (χ4n) is 2.10. The highest BCUT2D eigenvalue weighted by Gasteiger charge is 2.15. The van der Waals surface area contributed by atoms with Gasteiger partial charge in [0.1, 0.15) is 5.75 Å². The first-order chi connectivity index (χ1) is 11.5. The van der Waals surface area contributed by atoms with Crippen molar-refractivity contribution >= 4 is 29.3 Å². The molecule has 2 aromatic rings. The molecule has 1 N–H and O–H groups in total. The molecular formula is C19H22ClNO2S. The summed E-state index contributed by atoms with van der Waals surface area (Å²) in [7, 11) is 0. The van der Waals surface area contributed by atoms with Gasteiger partial charge in [-0.05, 0) is 62.2 Å². The van der Waals surface area contributed by atoms with E-state index in [1.807, 2.05) is 56.3 Å². The van der Waals surface area contributed by atoms with E-state index in [1.165, 1.54) is 0 Å². The smallest absolute Gasteiger partial charge is 0.260 e. The van der Waals surface area contributed by atoms with Crippen molar-refractivity contribution in [1.82, 2.24) is 5.32 Å². The van der Waals surface area contributed by atoms with E-state index >= 15 is 0 Å². The van der Waals surface area contributed by atoms with Crippen LogP contribution in [0, 0.1) is 13.8 Å². The Morgan fingerprint density at radius 1 is 1.21 bits per heavy atom. The minimum absolute atomic E-state index is 0.104. The number of rotatable bonds is 7. The number of carbonyl (C=O) groups is 1. The minimum Gasteiger partial charge on any atom is -0.481 e. The number of hydrogen-bond acceptors (Lipinski definition) is 3. The van der Waals surface area contributed by atoms with Crippen LogP contribution in [0.2, 0.25) is 5.02 Å². The molecule has 0 heterocycles. The summed E-state index contributed by atoms with van der Waals surface area (Å²) in [5.74, 6) is 1.45. The Labute approximate surface area is 152 Å². The van der Waals surface area contributed by atoms with Gasteiger partial charge >= 0.3 is 0 Å². The first-order valence-electron chi connectivity index (χ1n) is 7.85. The van der Waals surface area contributed by atoms with Crippen molar-refractivity contribution in [3.05, 3.63) is 58.6 Å². The summed E-state index contributed by atoms with van der Waals surface area (Å²) in [6.07, 6.45) is -0.522. The Balaban J connectivity index is 1.75. The summed E-state index contributed by atoms with van der Waals surface area (Å²) in [6.45, 7) is 6.34. The van der Waals surface area contributed by atoms with Gasteiger partial charge < -0.3 is 10.1 Å². The molecule has 2 rings (SSSR count). The minimum atomic E-state index is -0.522. The van der Waals surface area contributed by atoms with Gasteiger partial charge in [-0.15, -0.1) is 11.8 Å². The van der Waals surface area contributed by atoms with Gasteiger partial charge in [0.05, 0.1) is 0 Å². The van der Waals surface area contributed by atoms with Crippen molar-refractivity contribution in [3.8, 4) is 5.75 Å². The van der Waals surface area contributed by atoms with Crippen LogP contribution in [0.5, 0.6) is 5.75 Å². The molecule has 0 bridgehead atoms. The van der Waals surface area contributed by atoms with Crippen LogP contribution < -0.4 is 10.1 Å². The largest absolute Gasteiger partial charge is 0.481 e. The van der Waals surface area contributed by atoms with Gasteiger partial charge in [0.15, 0.2) is 6.10 Å². The number of carbonyl (C=O) groups excluding carboxylic acids is 1. The van der Waals surface area contributed by atoms with Crippen molar-refractivity contribution in [2.75, 3.05) is 12.3 Å². The van der Waals surface area contributed by atoms with Crippen molar-refractivity contribution in [2.45, 2.75) is 31.8 Å². The number of amides is 1. The van der Waals surface area contributed by atoms with Crippen LogP contribution in [-0.4, -0.2) is 24.3 Å². The van der Waals surface area contributed by atoms with Gasteiger partial charge in [-0.2, -0.15) is 0 Å². The van der Waals surface area contributed by atoms with E-state index in [4.69, 9.17) is 16.3 Å². The zero-order chi connectivity index (χ0) is 17.5. The van der Waals surface area contributed by atoms with E-state index < -0.39 is 6.10 Å². The molecule has 0 aliphatic rings. The molecule has 5 heteroatoms. The molecule has 128 valence electrons. The van der Waals surface area contributed by atoms with E-state index in [0.29, 0.717) is 6.54 Å². The van der Waals surface area contributed by atoms with E-state index in [9.17, 15) is 4.79 Å². The van der Waals surface area contributed by atoms with E-state index in [2.05, 4.69) is 5.32 Å². The maximum absolute atomic E-state index is 12.1. The molecule has 1 amide bonds. The molecule has 0 spiro atoms. The number of benzene rings is 2. The zero-order valence-corrected chi connectivity index (χ0v) is 15.7. The lowest BCUT2D eigenvalue weighted by Crippen LogP contribution is -2.37. The number of halogens is 1. The molecule has 1 atom stereocenters. The Kier molecular flexibility index (Phi) is 7.00. The fourth-order valence-corrected chi connectivity index (χ4v) is 2.99. The van der Waals surface area contributed by atoms with Gasteiger partial charge in [0.25, 0.3) is 5.91 Å². The summed E-state index contributed by atoms with van der Waals surface area (Å²) in [5, 5.41) is 3.63. The van der Waals surface area contributed by atoms with E-state index in [-0.39, 0.29) is 5.91 Å². The van der Waals surface area contributed by atoms with Gasteiger partial charge in [-0.25, -0.2) is 0 Å². The molecule has 24 heavy (non-hydrogen) atoms. The molecule has 0 unspecified atom stereocenters. The Morgan fingerprint density at radius 2 is 1.92 bits per heavy atom. The summed E-state index contributed by atoms with van der Waals surface area (Å²) in [5.41, 5.74) is 2.14. The third kappa shape index (κ3) is 5.77. The van der Waals surface area contributed by atoms with Gasteiger partial charge in [0.2, 0.25) is 0 Å². The highest BCUT2D eigenvalue weighted by Crippen LogP contribution is 2.21. The molecule has 0 aromatic heterocycles. The number of thioether (sulfide) groups is 1. The zero-order valence-electron chi connectivity index (χ0n) is 14.1. The Morgan fingerprint density at radius 3 is 2.62 bits per heavy atom. The molecule has 0 radical (unpaired) electrons. The average Bonchev–Trinajstić information content (AvgIpc) is 2.56. The van der Waals surface area contributed by atoms with E-state index in [0.717, 1.165) is 32.5 Å². The topological polar surface area (TPSA) is 38.3 Å². The number of ether oxygens (including phenoxy) is 1. The maximum atomic E-state index is 12.1.